The van der Waals surface area contributed by atoms with Crippen molar-refractivity contribution in [2.75, 3.05) is 30.0 Å². The Morgan fingerprint density at radius 3 is 2.78 bits per heavy atom. The zero-order valence-corrected chi connectivity index (χ0v) is 12.8. The molecule has 18 heavy (non-hydrogen) atoms. The summed E-state index contributed by atoms with van der Waals surface area (Å²) in [6.07, 6.45) is 1.45. The van der Waals surface area contributed by atoms with Crippen LogP contribution in [0.2, 0.25) is 5.02 Å². The molecular formula is C12H17BrClFN2O. The highest BCUT2D eigenvalue weighted by atomic mass is 79.9. The van der Waals surface area contributed by atoms with Crippen LogP contribution in [0.15, 0.2) is 12.3 Å². The van der Waals surface area contributed by atoms with Crippen molar-refractivity contribution in [3.8, 4) is 0 Å². The monoisotopic (exact) mass is 338 g/mol. The fraction of sp³-hybridized carbons (Fsp3) is 0.583. The quantitative estimate of drug-likeness (QED) is 0.561. The van der Waals surface area contributed by atoms with E-state index in [9.17, 15) is 4.39 Å². The Morgan fingerprint density at radius 2 is 2.22 bits per heavy atom. The first kappa shape index (κ1) is 15.7. The van der Waals surface area contributed by atoms with Gasteiger partial charge in [-0.1, -0.05) is 27.5 Å². The molecule has 102 valence electrons. The second kappa shape index (κ2) is 7.92. The minimum absolute atomic E-state index is 0.140. The smallest absolute Gasteiger partial charge is 0.167 e. The number of aromatic nitrogens is 1. The van der Waals surface area contributed by atoms with Gasteiger partial charge >= 0.3 is 0 Å². The maximum atomic E-state index is 13.8. The summed E-state index contributed by atoms with van der Waals surface area (Å²) in [5.41, 5.74) is 0. The van der Waals surface area contributed by atoms with Crippen molar-refractivity contribution < 1.29 is 9.13 Å². The highest BCUT2D eigenvalue weighted by Crippen LogP contribution is 2.21. The molecule has 0 aromatic carbocycles. The number of nitrogens with zero attached hydrogens (tertiary/aromatic N) is 2. The Labute approximate surface area is 120 Å². The maximum absolute atomic E-state index is 13.8. The van der Waals surface area contributed by atoms with Crippen molar-refractivity contribution in [1.29, 1.82) is 0 Å². The number of alkyl halides is 1. The molecule has 0 aliphatic heterocycles. The van der Waals surface area contributed by atoms with Gasteiger partial charge in [0.15, 0.2) is 11.6 Å². The molecule has 1 heterocycles. The lowest BCUT2D eigenvalue weighted by atomic mass is 10.3. The number of halogens is 3. The first-order chi connectivity index (χ1) is 8.56. The average Bonchev–Trinajstić information content (AvgIpc) is 2.30. The largest absolute Gasteiger partial charge is 0.379 e. The van der Waals surface area contributed by atoms with Crippen molar-refractivity contribution >= 4 is 33.3 Å². The third-order valence-corrected chi connectivity index (χ3v) is 2.91. The van der Waals surface area contributed by atoms with Crippen LogP contribution >= 0.6 is 27.5 Å². The van der Waals surface area contributed by atoms with Gasteiger partial charge in [-0.2, -0.15) is 0 Å². The highest BCUT2D eigenvalue weighted by molar-refractivity contribution is 9.09. The van der Waals surface area contributed by atoms with Crippen molar-refractivity contribution in [3.63, 3.8) is 0 Å². The van der Waals surface area contributed by atoms with Crippen molar-refractivity contribution in [2.45, 2.75) is 19.9 Å². The summed E-state index contributed by atoms with van der Waals surface area (Å²) in [5.74, 6) is -0.0893. The first-order valence-electron chi connectivity index (χ1n) is 5.77. The van der Waals surface area contributed by atoms with E-state index in [0.29, 0.717) is 30.6 Å². The molecule has 3 nitrogen and oxygen atoms in total. The summed E-state index contributed by atoms with van der Waals surface area (Å²) in [6.45, 7) is 5.74. The Balaban J connectivity index is 2.71. The minimum Gasteiger partial charge on any atom is -0.379 e. The van der Waals surface area contributed by atoms with Gasteiger partial charge < -0.3 is 9.64 Å². The van der Waals surface area contributed by atoms with Gasteiger partial charge in [0.1, 0.15) is 0 Å². The normalized spacial score (nSPS) is 11.0. The van der Waals surface area contributed by atoms with Crippen LogP contribution in [0.1, 0.15) is 13.8 Å². The fourth-order valence-corrected chi connectivity index (χ4v) is 1.92. The Hall–Kier alpha value is -0.390. The van der Waals surface area contributed by atoms with Gasteiger partial charge in [0.05, 0.1) is 18.2 Å². The third kappa shape index (κ3) is 4.71. The van der Waals surface area contributed by atoms with Crippen LogP contribution in [0, 0.1) is 5.82 Å². The Bertz CT molecular complexity index is 379. The van der Waals surface area contributed by atoms with Gasteiger partial charge in [-0.3, -0.25) is 0 Å². The molecule has 0 aliphatic carbocycles. The van der Waals surface area contributed by atoms with E-state index in [1.54, 1.807) is 0 Å². The third-order valence-electron chi connectivity index (χ3n) is 2.38. The predicted octanol–water partition coefficient (Wildman–Crippen LogP) is 3.50. The molecular weight excluding hydrogens is 322 g/mol. The standard InChI is InChI=1S/C12H17BrClFN2O/c1-9(2)17(4-6-18-5-3-13)12-11(15)7-10(14)8-16-12/h7-9H,3-6H2,1-2H3. The molecule has 0 aliphatic rings. The summed E-state index contributed by atoms with van der Waals surface area (Å²) in [4.78, 5) is 5.91. The minimum atomic E-state index is -0.406. The van der Waals surface area contributed by atoms with Crippen LogP contribution in [0.4, 0.5) is 10.2 Å². The second-order valence-corrected chi connectivity index (χ2v) is 5.28. The summed E-state index contributed by atoms with van der Waals surface area (Å²) in [6, 6.07) is 1.42. The SMILES string of the molecule is CC(C)N(CCOCCBr)c1ncc(Cl)cc1F. The van der Waals surface area contributed by atoms with E-state index in [1.807, 2.05) is 18.7 Å². The summed E-state index contributed by atoms with van der Waals surface area (Å²) in [7, 11) is 0. The maximum Gasteiger partial charge on any atom is 0.167 e. The van der Waals surface area contributed by atoms with E-state index in [1.165, 1.54) is 12.3 Å². The van der Waals surface area contributed by atoms with E-state index in [-0.39, 0.29) is 6.04 Å². The summed E-state index contributed by atoms with van der Waals surface area (Å²) in [5, 5.41) is 1.10. The predicted molar refractivity (Wildman–Crippen MR) is 76.3 cm³/mol. The molecule has 0 fully saturated rings. The molecule has 0 saturated carbocycles. The second-order valence-electron chi connectivity index (χ2n) is 4.05. The molecule has 1 rings (SSSR count). The van der Waals surface area contributed by atoms with Gasteiger partial charge in [-0.25, -0.2) is 9.37 Å². The van der Waals surface area contributed by atoms with E-state index in [0.717, 1.165) is 5.33 Å². The Kier molecular flexibility index (Phi) is 6.89. The van der Waals surface area contributed by atoms with Crippen LogP contribution in [0.25, 0.3) is 0 Å². The number of hydrogen-bond donors (Lipinski definition) is 0. The molecule has 0 saturated heterocycles. The molecule has 1 aromatic rings. The van der Waals surface area contributed by atoms with Gasteiger partial charge in [-0.05, 0) is 19.9 Å². The molecule has 1 aromatic heterocycles. The number of pyridine rings is 1. The van der Waals surface area contributed by atoms with Crippen LogP contribution in [0.3, 0.4) is 0 Å². The molecule has 0 spiro atoms. The summed E-state index contributed by atoms with van der Waals surface area (Å²) < 4.78 is 19.2. The lowest BCUT2D eigenvalue weighted by Gasteiger charge is -2.28. The topological polar surface area (TPSA) is 25.4 Å². The number of hydrogen-bond acceptors (Lipinski definition) is 3. The molecule has 0 unspecified atom stereocenters. The van der Waals surface area contributed by atoms with Crippen molar-refractivity contribution in [2.24, 2.45) is 0 Å². The van der Waals surface area contributed by atoms with E-state index < -0.39 is 5.82 Å². The molecule has 0 N–H and O–H groups in total. The van der Waals surface area contributed by atoms with Crippen LogP contribution < -0.4 is 4.90 Å². The zero-order chi connectivity index (χ0) is 13.5. The molecule has 0 atom stereocenters. The Morgan fingerprint density at radius 1 is 1.50 bits per heavy atom. The average molecular weight is 340 g/mol. The van der Waals surface area contributed by atoms with Crippen LogP contribution in [-0.2, 0) is 4.74 Å². The highest BCUT2D eigenvalue weighted by Gasteiger charge is 2.16. The molecule has 6 heteroatoms. The van der Waals surface area contributed by atoms with Crippen molar-refractivity contribution in [1.82, 2.24) is 4.98 Å². The van der Waals surface area contributed by atoms with Gasteiger partial charge in [-0.15, -0.1) is 0 Å². The van der Waals surface area contributed by atoms with E-state index in [2.05, 4.69) is 20.9 Å². The van der Waals surface area contributed by atoms with Crippen LogP contribution in [0.5, 0.6) is 0 Å². The van der Waals surface area contributed by atoms with Crippen LogP contribution in [-0.4, -0.2) is 36.1 Å². The fourth-order valence-electron chi connectivity index (χ4n) is 1.55. The lowest BCUT2D eigenvalue weighted by Crippen LogP contribution is -2.35. The number of rotatable bonds is 7. The van der Waals surface area contributed by atoms with Gasteiger partial charge in [0.25, 0.3) is 0 Å². The molecule has 0 bridgehead atoms. The van der Waals surface area contributed by atoms with Gasteiger partial charge in [0.2, 0.25) is 0 Å². The molecule has 0 amide bonds. The molecule has 0 radical (unpaired) electrons. The van der Waals surface area contributed by atoms with Crippen molar-refractivity contribution in [3.05, 3.63) is 23.1 Å². The number of anilines is 1. The van der Waals surface area contributed by atoms with E-state index >= 15 is 0 Å². The first-order valence-corrected chi connectivity index (χ1v) is 7.27. The van der Waals surface area contributed by atoms with E-state index in [4.69, 9.17) is 16.3 Å². The summed E-state index contributed by atoms with van der Waals surface area (Å²) >= 11 is 8.98. The zero-order valence-electron chi connectivity index (χ0n) is 10.5. The lowest BCUT2D eigenvalue weighted by molar-refractivity contribution is 0.155. The van der Waals surface area contributed by atoms with Gasteiger partial charge in [0, 0.05) is 24.1 Å². The number of ether oxygens (including phenoxy) is 1.